The molecule has 1 aromatic heterocycles. The highest BCUT2D eigenvalue weighted by Crippen LogP contribution is 2.41. The number of hydrogen-bond acceptors (Lipinski definition) is 1. The van der Waals surface area contributed by atoms with Gasteiger partial charge in [0.2, 0.25) is 0 Å². The van der Waals surface area contributed by atoms with E-state index in [1.165, 1.54) is 0 Å². The molecule has 3 rings (SSSR count). The highest BCUT2D eigenvalue weighted by molar-refractivity contribution is 5.70. The predicted molar refractivity (Wildman–Crippen MR) is 89.5 cm³/mol. The Balaban J connectivity index is 2.15. The number of nitrogens with one attached hydrogen (secondary N) is 1. The molecule has 0 aliphatic rings. The van der Waals surface area contributed by atoms with Gasteiger partial charge in [-0.2, -0.15) is 57.8 Å². The van der Waals surface area contributed by atoms with E-state index in [2.05, 4.69) is 5.10 Å². The van der Waals surface area contributed by atoms with Gasteiger partial charge in [-0.25, -0.2) is 0 Å². The van der Waals surface area contributed by atoms with E-state index in [1.807, 2.05) is 5.10 Å². The number of aromatic amines is 1. The summed E-state index contributed by atoms with van der Waals surface area (Å²) in [5.41, 5.74) is -9.11. The smallest absolute Gasteiger partial charge is 0.277 e. The van der Waals surface area contributed by atoms with Gasteiger partial charge in [-0.1, -0.05) is 0 Å². The molecule has 0 unspecified atom stereocenters. The fourth-order valence-electron chi connectivity index (χ4n) is 2.83. The van der Waals surface area contributed by atoms with Crippen LogP contribution in [0.1, 0.15) is 22.3 Å². The van der Waals surface area contributed by atoms with Crippen LogP contribution >= 0.6 is 0 Å². The number of rotatable bonds is 2. The van der Waals surface area contributed by atoms with Gasteiger partial charge in [0, 0.05) is 11.1 Å². The Hall–Kier alpha value is -3.19. The van der Waals surface area contributed by atoms with Gasteiger partial charge in [-0.3, -0.25) is 5.10 Å². The molecule has 178 valence electrons. The van der Waals surface area contributed by atoms with Gasteiger partial charge in [-0.15, -0.1) is 0 Å². The van der Waals surface area contributed by atoms with E-state index in [9.17, 15) is 52.7 Å². The van der Waals surface area contributed by atoms with Gasteiger partial charge in [-0.05, 0) is 42.5 Å². The van der Waals surface area contributed by atoms with Crippen LogP contribution in [-0.4, -0.2) is 10.2 Å². The normalized spacial score (nSPS) is 13.5. The number of halogens is 12. The van der Waals surface area contributed by atoms with Crippen molar-refractivity contribution >= 4 is 0 Å². The lowest BCUT2D eigenvalue weighted by molar-refractivity contribution is -0.144. The van der Waals surface area contributed by atoms with E-state index in [0.717, 1.165) is 6.07 Å². The maximum Gasteiger partial charge on any atom is 0.416 e. The summed E-state index contributed by atoms with van der Waals surface area (Å²) >= 11 is 0. The van der Waals surface area contributed by atoms with Crippen LogP contribution in [0, 0.1) is 0 Å². The fourth-order valence-corrected chi connectivity index (χ4v) is 2.83. The second-order valence-corrected chi connectivity index (χ2v) is 6.76. The Bertz CT molecular complexity index is 1010. The number of nitrogens with zero attached hydrogens (tertiary/aromatic N) is 1. The molecule has 3 aromatic rings. The van der Waals surface area contributed by atoms with Crippen molar-refractivity contribution < 1.29 is 52.7 Å². The van der Waals surface area contributed by atoms with Crippen LogP contribution in [0.2, 0.25) is 0 Å². The van der Waals surface area contributed by atoms with Crippen molar-refractivity contribution in [1.29, 1.82) is 0 Å². The molecule has 14 heteroatoms. The van der Waals surface area contributed by atoms with Crippen LogP contribution < -0.4 is 0 Å². The lowest BCUT2D eigenvalue weighted by Gasteiger charge is -2.13. The summed E-state index contributed by atoms with van der Waals surface area (Å²) in [6, 6.07) is 1.78. The zero-order valence-corrected chi connectivity index (χ0v) is 15.5. The molecular weight excluding hydrogens is 484 g/mol. The van der Waals surface area contributed by atoms with Crippen LogP contribution in [-0.2, 0) is 24.7 Å². The Labute approximate surface area is 175 Å². The second-order valence-electron chi connectivity index (χ2n) is 6.76. The summed E-state index contributed by atoms with van der Waals surface area (Å²) in [4.78, 5) is 0. The van der Waals surface area contributed by atoms with Gasteiger partial charge in [0.1, 0.15) is 0 Å². The molecule has 0 aliphatic heterocycles. The molecule has 0 amide bonds. The third kappa shape index (κ3) is 5.42. The van der Waals surface area contributed by atoms with Gasteiger partial charge in [0.05, 0.1) is 33.6 Å². The van der Waals surface area contributed by atoms with Crippen molar-refractivity contribution in [2.45, 2.75) is 24.7 Å². The predicted octanol–water partition coefficient (Wildman–Crippen LogP) is 7.82. The Morgan fingerprint density at radius 3 is 1.12 bits per heavy atom. The standard InChI is InChI=1S/C19H8F12N2/c20-16(21,22)10-1-8(2-11(5-10)17(23,24)25)14-7-15(33-32-14)9-3-12(18(26,27)28)6-13(4-9)19(29,30)31/h1-7H,(H,32,33). The summed E-state index contributed by atoms with van der Waals surface area (Å²) in [5.74, 6) is 0. The van der Waals surface area contributed by atoms with Crippen molar-refractivity contribution in [3.05, 3.63) is 64.7 Å². The maximum atomic E-state index is 13.0. The minimum atomic E-state index is -5.17. The molecule has 0 saturated carbocycles. The molecule has 0 spiro atoms. The van der Waals surface area contributed by atoms with Gasteiger partial charge < -0.3 is 0 Å². The first-order valence-corrected chi connectivity index (χ1v) is 8.51. The van der Waals surface area contributed by atoms with Crippen LogP contribution in [0.25, 0.3) is 22.5 Å². The summed E-state index contributed by atoms with van der Waals surface area (Å²) in [5, 5.41) is 5.52. The van der Waals surface area contributed by atoms with Crippen molar-refractivity contribution in [2.75, 3.05) is 0 Å². The molecule has 0 fully saturated rings. The highest BCUT2D eigenvalue weighted by atomic mass is 19.4. The first kappa shape index (κ1) is 24.5. The maximum absolute atomic E-state index is 13.0. The van der Waals surface area contributed by atoms with Crippen molar-refractivity contribution in [3.8, 4) is 22.5 Å². The van der Waals surface area contributed by atoms with E-state index < -0.39 is 69.5 Å². The largest absolute Gasteiger partial charge is 0.416 e. The van der Waals surface area contributed by atoms with Crippen molar-refractivity contribution in [1.82, 2.24) is 10.2 Å². The molecule has 33 heavy (non-hydrogen) atoms. The third-order valence-corrected chi connectivity index (χ3v) is 4.36. The fraction of sp³-hybridized carbons (Fsp3) is 0.211. The molecule has 0 radical (unpaired) electrons. The zero-order valence-electron chi connectivity index (χ0n) is 15.5. The minimum Gasteiger partial charge on any atom is -0.277 e. The molecule has 0 atom stereocenters. The summed E-state index contributed by atoms with van der Waals surface area (Å²) in [6.07, 6.45) is -20.7. The third-order valence-electron chi connectivity index (χ3n) is 4.36. The zero-order chi connectivity index (χ0) is 25.0. The lowest BCUT2D eigenvalue weighted by Crippen LogP contribution is -2.11. The number of alkyl halides is 12. The lowest BCUT2D eigenvalue weighted by atomic mass is 10.0. The minimum absolute atomic E-state index is 0.136. The quantitative estimate of drug-likeness (QED) is 0.363. The van der Waals surface area contributed by atoms with Crippen molar-refractivity contribution in [2.24, 2.45) is 0 Å². The molecule has 2 aromatic carbocycles. The van der Waals surface area contributed by atoms with E-state index in [-0.39, 0.29) is 12.1 Å². The molecular formula is C19H8F12N2. The number of hydrogen-bond donors (Lipinski definition) is 1. The highest BCUT2D eigenvalue weighted by Gasteiger charge is 2.38. The molecule has 0 aliphatic carbocycles. The number of H-pyrrole nitrogens is 1. The number of benzene rings is 2. The van der Waals surface area contributed by atoms with E-state index in [4.69, 9.17) is 0 Å². The molecule has 2 nitrogen and oxygen atoms in total. The monoisotopic (exact) mass is 492 g/mol. The van der Waals surface area contributed by atoms with Crippen LogP contribution in [0.4, 0.5) is 52.7 Å². The van der Waals surface area contributed by atoms with Crippen LogP contribution in [0.5, 0.6) is 0 Å². The Morgan fingerprint density at radius 2 is 0.788 bits per heavy atom. The SMILES string of the molecule is FC(F)(F)c1cc(-c2cc(-c3cc(C(F)(F)F)cc(C(F)(F)F)c3)[nH]n2)cc(C(F)(F)F)c1. The summed E-state index contributed by atoms with van der Waals surface area (Å²) in [7, 11) is 0. The van der Waals surface area contributed by atoms with Crippen LogP contribution in [0.15, 0.2) is 42.5 Å². The summed E-state index contributed by atoms with van der Waals surface area (Å²) in [6.45, 7) is 0. The first-order valence-electron chi connectivity index (χ1n) is 8.51. The van der Waals surface area contributed by atoms with E-state index in [0.29, 0.717) is 24.3 Å². The van der Waals surface area contributed by atoms with Crippen molar-refractivity contribution in [3.63, 3.8) is 0 Å². The average Bonchev–Trinajstić information content (AvgIpc) is 3.15. The Morgan fingerprint density at radius 1 is 0.455 bits per heavy atom. The second kappa shape index (κ2) is 7.70. The summed E-state index contributed by atoms with van der Waals surface area (Å²) < 4.78 is 156. The average molecular weight is 492 g/mol. The number of aromatic nitrogens is 2. The molecule has 1 heterocycles. The Kier molecular flexibility index (Phi) is 5.70. The van der Waals surface area contributed by atoms with Gasteiger partial charge >= 0.3 is 24.7 Å². The topological polar surface area (TPSA) is 28.7 Å². The van der Waals surface area contributed by atoms with Crippen LogP contribution in [0.3, 0.4) is 0 Å². The van der Waals surface area contributed by atoms with E-state index >= 15 is 0 Å². The van der Waals surface area contributed by atoms with Gasteiger partial charge in [0.25, 0.3) is 0 Å². The molecule has 0 bridgehead atoms. The molecule has 1 N–H and O–H groups in total. The van der Waals surface area contributed by atoms with Gasteiger partial charge in [0.15, 0.2) is 0 Å². The first-order chi connectivity index (χ1) is 14.9. The van der Waals surface area contributed by atoms with E-state index in [1.54, 1.807) is 0 Å². The molecule has 0 saturated heterocycles.